The first kappa shape index (κ1) is 10.7. The van der Waals surface area contributed by atoms with Gasteiger partial charge in [0.2, 0.25) is 0 Å². The molecule has 84 valence electrons. The number of carboxylic acids is 1. The molecular weight excluding hydrogens is 222 g/mol. The molecule has 0 saturated heterocycles. The molecule has 0 saturated carbocycles. The smallest absolute Gasteiger partial charge is 0.328 e. The molecule has 0 aliphatic carbocycles. The number of carboxylic acid groups (broad SMARTS) is 1. The maximum absolute atomic E-state index is 10.4. The molecule has 0 aliphatic rings. The first-order valence-electron chi connectivity index (χ1n) is 4.63. The Hall–Kier alpha value is -2.81. The summed E-state index contributed by atoms with van der Waals surface area (Å²) in [6.07, 6.45) is 5.14. The summed E-state index contributed by atoms with van der Waals surface area (Å²) in [7, 11) is 0. The van der Waals surface area contributed by atoms with Gasteiger partial charge in [0, 0.05) is 12.3 Å². The van der Waals surface area contributed by atoms with Crippen LogP contribution in [0.1, 0.15) is 11.1 Å². The van der Waals surface area contributed by atoms with Crippen LogP contribution in [0.4, 0.5) is 0 Å². The van der Waals surface area contributed by atoms with Gasteiger partial charge in [-0.15, -0.1) is 0 Å². The Morgan fingerprint density at radius 3 is 3.00 bits per heavy atom. The van der Waals surface area contributed by atoms with Gasteiger partial charge in [0.1, 0.15) is 22.9 Å². The minimum Gasteiger partial charge on any atom is -0.506 e. The molecular formula is C11H7N3O3. The summed E-state index contributed by atoms with van der Waals surface area (Å²) in [5, 5.41) is 30.9. The van der Waals surface area contributed by atoms with E-state index in [9.17, 15) is 9.90 Å². The Bertz CT molecular complexity index is 664. The number of carbonyl (C=O) groups is 1. The van der Waals surface area contributed by atoms with Crippen LogP contribution in [0.15, 0.2) is 24.5 Å². The van der Waals surface area contributed by atoms with Gasteiger partial charge in [0.05, 0.1) is 6.20 Å². The van der Waals surface area contributed by atoms with Crippen LogP contribution in [-0.2, 0) is 4.79 Å². The lowest BCUT2D eigenvalue weighted by Gasteiger charge is -2.00. The molecule has 2 aromatic heterocycles. The molecule has 17 heavy (non-hydrogen) atoms. The monoisotopic (exact) mass is 229 g/mol. The highest BCUT2D eigenvalue weighted by molar-refractivity contribution is 5.85. The fourth-order valence-electron chi connectivity index (χ4n) is 1.46. The van der Waals surface area contributed by atoms with Crippen LogP contribution < -0.4 is 0 Å². The minimum atomic E-state index is -1.08. The van der Waals surface area contributed by atoms with Gasteiger partial charge >= 0.3 is 5.97 Å². The standard InChI is InChI=1S/C11H7N3O3/c12-4-8-5-13-14-6-7(1-2-10(16)17)3-9(15)11(8)14/h1-3,5-6,15H,(H,16,17)/b2-1+. The van der Waals surface area contributed by atoms with Crippen LogP contribution in [0.2, 0.25) is 0 Å². The second-order valence-electron chi connectivity index (χ2n) is 3.29. The third kappa shape index (κ3) is 1.94. The summed E-state index contributed by atoms with van der Waals surface area (Å²) < 4.78 is 1.33. The van der Waals surface area contributed by atoms with Crippen molar-refractivity contribution in [2.75, 3.05) is 0 Å². The molecule has 0 amide bonds. The Kier molecular flexibility index (Phi) is 2.51. The maximum Gasteiger partial charge on any atom is 0.328 e. The molecule has 0 atom stereocenters. The second kappa shape index (κ2) is 3.98. The highest BCUT2D eigenvalue weighted by Gasteiger charge is 2.08. The first-order chi connectivity index (χ1) is 8.11. The van der Waals surface area contributed by atoms with Crippen molar-refractivity contribution in [3.05, 3.63) is 35.7 Å². The molecule has 0 bridgehead atoms. The Morgan fingerprint density at radius 1 is 1.59 bits per heavy atom. The van der Waals surface area contributed by atoms with Crippen molar-refractivity contribution in [1.29, 1.82) is 5.26 Å². The van der Waals surface area contributed by atoms with Gasteiger partial charge in [-0.3, -0.25) is 0 Å². The van der Waals surface area contributed by atoms with Crippen LogP contribution in [-0.4, -0.2) is 25.8 Å². The van der Waals surface area contributed by atoms with Gasteiger partial charge in [-0.05, 0) is 17.7 Å². The number of nitrogens with zero attached hydrogens (tertiary/aromatic N) is 3. The van der Waals surface area contributed by atoms with Crippen molar-refractivity contribution in [1.82, 2.24) is 9.61 Å². The zero-order valence-electron chi connectivity index (χ0n) is 8.53. The topological polar surface area (TPSA) is 98.6 Å². The molecule has 0 fully saturated rings. The Morgan fingerprint density at radius 2 is 2.35 bits per heavy atom. The number of aliphatic carboxylic acids is 1. The van der Waals surface area contributed by atoms with E-state index in [4.69, 9.17) is 10.4 Å². The van der Waals surface area contributed by atoms with E-state index in [0.29, 0.717) is 11.1 Å². The molecule has 6 nitrogen and oxygen atoms in total. The molecule has 2 aromatic rings. The van der Waals surface area contributed by atoms with Crippen molar-refractivity contribution in [2.24, 2.45) is 0 Å². The molecule has 2 heterocycles. The average Bonchev–Trinajstić information content (AvgIpc) is 2.69. The number of hydrogen-bond acceptors (Lipinski definition) is 4. The molecule has 0 unspecified atom stereocenters. The minimum absolute atomic E-state index is 0.119. The lowest BCUT2D eigenvalue weighted by molar-refractivity contribution is -0.131. The Balaban J connectivity index is 2.58. The van der Waals surface area contributed by atoms with Crippen molar-refractivity contribution >= 4 is 17.6 Å². The van der Waals surface area contributed by atoms with Gasteiger partial charge in [-0.1, -0.05) is 0 Å². The fourth-order valence-corrected chi connectivity index (χ4v) is 1.46. The highest BCUT2D eigenvalue weighted by atomic mass is 16.4. The van der Waals surface area contributed by atoms with Crippen LogP contribution in [0, 0.1) is 11.3 Å². The summed E-state index contributed by atoms with van der Waals surface area (Å²) in [5.74, 6) is -1.20. The highest BCUT2D eigenvalue weighted by Crippen LogP contribution is 2.23. The van der Waals surface area contributed by atoms with E-state index in [-0.39, 0.29) is 11.3 Å². The van der Waals surface area contributed by atoms with Gasteiger partial charge in [-0.25, -0.2) is 9.31 Å². The number of aromatic hydroxyl groups is 1. The Labute approximate surface area is 95.7 Å². The number of aromatic nitrogens is 2. The third-order valence-electron chi connectivity index (χ3n) is 2.15. The number of rotatable bonds is 2. The van der Waals surface area contributed by atoms with Gasteiger partial charge in [0.25, 0.3) is 0 Å². The van der Waals surface area contributed by atoms with E-state index in [1.54, 1.807) is 0 Å². The molecule has 2 N–H and O–H groups in total. The summed E-state index contributed by atoms with van der Waals surface area (Å²) in [5.41, 5.74) is 1.04. The maximum atomic E-state index is 10.4. The van der Waals surface area contributed by atoms with Crippen LogP contribution in [0.5, 0.6) is 5.75 Å². The second-order valence-corrected chi connectivity index (χ2v) is 3.29. The number of nitriles is 1. The number of fused-ring (bicyclic) bond motifs is 1. The van der Waals surface area contributed by atoms with E-state index in [0.717, 1.165) is 6.08 Å². The average molecular weight is 229 g/mol. The quantitative estimate of drug-likeness (QED) is 0.748. The largest absolute Gasteiger partial charge is 0.506 e. The number of hydrogen-bond donors (Lipinski definition) is 2. The summed E-state index contributed by atoms with van der Waals surface area (Å²) in [4.78, 5) is 10.4. The normalized spacial score (nSPS) is 10.8. The van der Waals surface area contributed by atoms with Gasteiger partial charge in [0.15, 0.2) is 0 Å². The lowest BCUT2D eigenvalue weighted by atomic mass is 10.2. The van der Waals surface area contributed by atoms with Gasteiger partial charge < -0.3 is 10.2 Å². The van der Waals surface area contributed by atoms with Crippen molar-refractivity contribution in [2.45, 2.75) is 0 Å². The summed E-state index contributed by atoms with van der Waals surface area (Å²) in [6.45, 7) is 0. The first-order valence-corrected chi connectivity index (χ1v) is 4.63. The van der Waals surface area contributed by atoms with Crippen molar-refractivity contribution < 1.29 is 15.0 Å². The SMILES string of the molecule is N#Cc1cnn2cc(/C=C/C(=O)O)cc(O)c12. The van der Waals surface area contributed by atoms with Crippen molar-refractivity contribution in [3.63, 3.8) is 0 Å². The van der Waals surface area contributed by atoms with E-state index in [1.807, 2.05) is 6.07 Å². The summed E-state index contributed by atoms with van der Waals surface area (Å²) >= 11 is 0. The predicted molar refractivity (Wildman–Crippen MR) is 58.2 cm³/mol. The van der Waals surface area contributed by atoms with Crippen LogP contribution in [0.25, 0.3) is 11.6 Å². The van der Waals surface area contributed by atoms with Gasteiger partial charge in [-0.2, -0.15) is 10.4 Å². The predicted octanol–water partition coefficient (Wildman–Crippen LogP) is 1.01. The molecule has 0 aliphatic heterocycles. The van der Waals surface area contributed by atoms with E-state index >= 15 is 0 Å². The van der Waals surface area contributed by atoms with E-state index < -0.39 is 5.97 Å². The summed E-state index contributed by atoms with van der Waals surface area (Å²) in [6, 6.07) is 3.28. The molecule has 2 rings (SSSR count). The van der Waals surface area contributed by atoms with E-state index in [1.165, 1.54) is 29.1 Å². The molecule has 0 aromatic carbocycles. The molecule has 0 spiro atoms. The third-order valence-corrected chi connectivity index (χ3v) is 2.15. The molecule has 6 heteroatoms. The van der Waals surface area contributed by atoms with E-state index in [2.05, 4.69) is 5.10 Å². The zero-order valence-corrected chi connectivity index (χ0v) is 8.53. The zero-order chi connectivity index (χ0) is 12.4. The molecule has 0 radical (unpaired) electrons. The number of pyridine rings is 1. The van der Waals surface area contributed by atoms with Crippen molar-refractivity contribution in [3.8, 4) is 11.8 Å². The lowest BCUT2D eigenvalue weighted by Crippen LogP contribution is -1.90. The van der Waals surface area contributed by atoms with Crippen LogP contribution >= 0.6 is 0 Å². The fraction of sp³-hybridized carbons (Fsp3) is 0. The van der Waals surface area contributed by atoms with Crippen LogP contribution in [0.3, 0.4) is 0 Å².